The molecule has 1 saturated heterocycles. The number of aromatic hydroxyl groups is 1. The monoisotopic (exact) mass is 457 g/mol. The van der Waals surface area contributed by atoms with Gasteiger partial charge < -0.3 is 14.9 Å². The summed E-state index contributed by atoms with van der Waals surface area (Å²) in [4.78, 5) is 27.9. The summed E-state index contributed by atoms with van der Waals surface area (Å²) in [5.41, 5.74) is 2.93. The van der Waals surface area contributed by atoms with Crippen molar-refractivity contribution in [3.8, 4) is 11.5 Å². The molecule has 1 aliphatic heterocycles. The molecule has 3 aromatic carbocycles. The second-order valence-electron chi connectivity index (χ2n) is 8.77. The molecular weight excluding hydrogens is 430 g/mol. The lowest BCUT2D eigenvalue weighted by Gasteiger charge is -2.26. The van der Waals surface area contributed by atoms with Gasteiger partial charge in [0.15, 0.2) is 0 Å². The molecule has 0 saturated carbocycles. The van der Waals surface area contributed by atoms with Gasteiger partial charge in [0, 0.05) is 5.56 Å². The third-order valence-electron chi connectivity index (χ3n) is 5.67. The number of hydrogen-bond acceptors (Lipinski definition) is 5. The summed E-state index contributed by atoms with van der Waals surface area (Å²) in [6.45, 7) is 7.53. The van der Waals surface area contributed by atoms with Crippen LogP contribution in [0, 0.1) is 13.8 Å². The number of carbonyl (C=O) groups is 2. The number of nitrogens with zero attached hydrogens (tertiary/aromatic N) is 1. The van der Waals surface area contributed by atoms with Crippen molar-refractivity contribution in [1.29, 1.82) is 0 Å². The standard InChI is InChI=1S/C28H27NO5/c1-16(2)34-21-10-6-9-20(15-21)26(31)24-25(19-8-5-7-17(3)13-19)29(28(33)27(24)32)22-14-18(4)11-12-23(22)30/h5-16,25,30-31H,1-4H3/b26-24+. The van der Waals surface area contributed by atoms with Crippen LogP contribution in [-0.2, 0) is 9.59 Å². The summed E-state index contributed by atoms with van der Waals surface area (Å²) in [7, 11) is 0. The number of anilines is 1. The molecular formula is C28H27NO5. The normalized spacial score (nSPS) is 17.4. The predicted molar refractivity (Wildman–Crippen MR) is 131 cm³/mol. The van der Waals surface area contributed by atoms with Crippen LogP contribution in [0.1, 0.15) is 42.1 Å². The van der Waals surface area contributed by atoms with Gasteiger partial charge in [0.25, 0.3) is 11.7 Å². The molecule has 174 valence electrons. The number of Topliss-reactive ketones (excluding diaryl/α,β-unsaturated/α-hetero) is 1. The Labute approximate surface area is 198 Å². The highest BCUT2D eigenvalue weighted by Crippen LogP contribution is 2.45. The lowest BCUT2D eigenvalue weighted by Crippen LogP contribution is -2.29. The third-order valence-corrected chi connectivity index (χ3v) is 5.67. The van der Waals surface area contributed by atoms with E-state index in [9.17, 15) is 19.8 Å². The van der Waals surface area contributed by atoms with Crippen LogP contribution >= 0.6 is 0 Å². The molecule has 1 fully saturated rings. The molecule has 6 nitrogen and oxygen atoms in total. The lowest BCUT2D eigenvalue weighted by atomic mass is 9.94. The molecule has 3 aromatic rings. The van der Waals surface area contributed by atoms with Gasteiger partial charge in [0.1, 0.15) is 17.3 Å². The summed E-state index contributed by atoms with van der Waals surface area (Å²) >= 11 is 0. The van der Waals surface area contributed by atoms with Crippen molar-refractivity contribution in [3.05, 3.63) is 94.6 Å². The SMILES string of the molecule is Cc1cccc(C2/C(=C(\O)c3cccc(OC(C)C)c3)C(=O)C(=O)N2c2cc(C)ccc2O)c1. The van der Waals surface area contributed by atoms with Crippen molar-refractivity contribution in [3.63, 3.8) is 0 Å². The van der Waals surface area contributed by atoms with E-state index in [-0.39, 0.29) is 28.9 Å². The number of phenolic OH excluding ortho intramolecular Hbond substituents is 1. The van der Waals surface area contributed by atoms with Crippen molar-refractivity contribution >= 4 is 23.1 Å². The van der Waals surface area contributed by atoms with Crippen LogP contribution in [-0.4, -0.2) is 28.0 Å². The maximum absolute atomic E-state index is 13.3. The minimum atomic E-state index is -0.915. The number of aliphatic hydroxyl groups excluding tert-OH is 1. The molecule has 1 atom stereocenters. The van der Waals surface area contributed by atoms with Gasteiger partial charge in [-0.15, -0.1) is 0 Å². The van der Waals surface area contributed by atoms with Crippen molar-refractivity contribution in [2.45, 2.75) is 39.8 Å². The average Bonchev–Trinajstić information content (AvgIpc) is 3.05. The van der Waals surface area contributed by atoms with Gasteiger partial charge in [-0.1, -0.05) is 48.0 Å². The van der Waals surface area contributed by atoms with E-state index < -0.39 is 17.7 Å². The zero-order valence-electron chi connectivity index (χ0n) is 19.6. The van der Waals surface area contributed by atoms with E-state index in [1.807, 2.05) is 45.9 Å². The Morgan fingerprint density at radius 3 is 2.35 bits per heavy atom. The molecule has 6 heteroatoms. The number of ketones is 1. The Balaban J connectivity index is 1.95. The number of ether oxygens (including phenoxy) is 1. The number of amides is 1. The summed E-state index contributed by atoms with van der Waals surface area (Å²) in [6.07, 6.45) is -0.0698. The number of carbonyl (C=O) groups excluding carboxylic acids is 2. The van der Waals surface area contributed by atoms with Gasteiger partial charge in [0.2, 0.25) is 0 Å². The van der Waals surface area contributed by atoms with E-state index in [2.05, 4.69) is 0 Å². The highest BCUT2D eigenvalue weighted by atomic mass is 16.5. The van der Waals surface area contributed by atoms with E-state index in [4.69, 9.17) is 4.74 Å². The maximum atomic E-state index is 13.3. The lowest BCUT2D eigenvalue weighted by molar-refractivity contribution is -0.132. The number of aliphatic hydroxyl groups is 1. The highest BCUT2D eigenvalue weighted by molar-refractivity contribution is 6.52. The van der Waals surface area contributed by atoms with Crippen LogP contribution in [0.3, 0.4) is 0 Å². The largest absolute Gasteiger partial charge is 0.507 e. The Morgan fingerprint density at radius 2 is 1.65 bits per heavy atom. The van der Waals surface area contributed by atoms with Crippen LogP contribution in [0.2, 0.25) is 0 Å². The minimum Gasteiger partial charge on any atom is -0.507 e. The van der Waals surface area contributed by atoms with Gasteiger partial charge in [-0.05, 0) is 63.1 Å². The minimum absolute atomic E-state index is 0.0433. The Hall–Kier alpha value is -4.06. The first-order chi connectivity index (χ1) is 16.2. The third kappa shape index (κ3) is 4.27. The Bertz CT molecular complexity index is 1310. The first-order valence-electron chi connectivity index (χ1n) is 11.1. The van der Waals surface area contributed by atoms with Crippen LogP contribution < -0.4 is 9.64 Å². The number of rotatable bonds is 5. The quantitative estimate of drug-likeness (QED) is 0.303. The van der Waals surface area contributed by atoms with Crippen molar-refractivity contribution in [2.24, 2.45) is 0 Å². The summed E-state index contributed by atoms with van der Waals surface area (Å²) in [5, 5.41) is 21.9. The molecule has 1 aliphatic rings. The summed E-state index contributed by atoms with van der Waals surface area (Å²) in [6, 6.07) is 18.1. The second-order valence-corrected chi connectivity index (χ2v) is 8.77. The molecule has 0 radical (unpaired) electrons. The molecule has 0 aliphatic carbocycles. The zero-order chi connectivity index (χ0) is 24.6. The van der Waals surface area contributed by atoms with Crippen molar-refractivity contribution in [1.82, 2.24) is 0 Å². The van der Waals surface area contributed by atoms with E-state index >= 15 is 0 Å². The van der Waals surface area contributed by atoms with Crippen LogP contribution in [0.4, 0.5) is 5.69 Å². The average molecular weight is 458 g/mol. The van der Waals surface area contributed by atoms with Crippen molar-refractivity contribution in [2.75, 3.05) is 4.90 Å². The van der Waals surface area contributed by atoms with Gasteiger partial charge in [-0.2, -0.15) is 0 Å². The Morgan fingerprint density at radius 1 is 0.941 bits per heavy atom. The smallest absolute Gasteiger partial charge is 0.300 e. The van der Waals surface area contributed by atoms with E-state index in [0.29, 0.717) is 16.9 Å². The number of phenols is 1. The zero-order valence-corrected chi connectivity index (χ0v) is 19.6. The highest BCUT2D eigenvalue weighted by Gasteiger charge is 2.47. The van der Waals surface area contributed by atoms with Gasteiger partial charge >= 0.3 is 0 Å². The molecule has 4 rings (SSSR count). The van der Waals surface area contributed by atoms with Crippen molar-refractivity contribution < 1.29 is 24.5 Å². The van der Waals surface area contributed by atoms with E-state index in [0.717, 1.165) is 11.1 Å². The number of hydrogen-bond donors (Lipinski definition) is 2. The van der Waals surface area contributed by atoms with E-state index in [1.54, 1.807) is 42.5 Å². The van der Waals surface area contributed by atoms with Crippen LogP contribution in [0.15, 0.2) is 72.3 Å². The fraction of sp³-hybridized carbons (Fsp3) is 0.214. The molecule has 34 heavy (non-hydrogen) atoms. The number of benzene rings is 3. The van der Waals surface area contributed by atoms with E-state index in [1.165, 1.54) is 11.0 Å². The second kappa shape index (κ2) is 9.06. The fourth-order valence-electron chi connectivity index (χ4n) is 4.21. The Kier molecular flexibility index (Phi) is 6.16. The molecule has 0 bridgehead atoms. The van der Waals surface area contributed by atoms with Gasteiger partial charge in [-0.3, -0.25) is 14.5 Å². The number of aryl methyl sites for hydroxylation is 2. The molecule has 2 N–H and O–H groups in total. The summed E-state index contributed by atoms with van der Waals surface area (Å²) < 4.78 is 5.73. The molecule has 0 spiro atoms. The first-order valence-corrected chi connectivity index (χ1v) is 11.1. The first kappa shape index (κ1) is 23.1. The molecule has 1 unspecified atom stereocenters. The van der Waals surface area contributed by atoms with Crippen LogP contribution in [0.5, 0.6) is 11.5 Å². The maximum Gasteiger partial charge on any atom is 0.300 e. The summed E-state index contributed by atoms with van der Waals surface area (Å²) in [5.74, 6) is -1.52. The topological polar surface area (TPSA) is 87.1 Å². The molecule has 1 heterocycles. The van der Waals surface area contributed by atoms with Gasteiger partial charge in [-0.25, -0.2) is 0 Å². The fourth-order valence-corrected chi connectivity index (χ4v) is 4.21. The van der Waals surface area contributed by atoms with Crippen LogP contribution in [0.25, 0.3) is 5.76 Å². The predicted octanol–water partition coefficient (Wildman–Crippen LogP) is 5.42. The molecule has 1 amide bonds. The molecule has 0 aromatic heterocycles. The van der Waals surface area contributed by atoms with Gasteiger partial charge in [0.05, 0.1) is 23.4 Å².